The van der Waals surface area contributed by atoms with Gasteiger partial charge in [0.05, 0.1) is 4.90 Å². The van der Waals surface area contributed by atoms with Crippen molar-refractivity contribution in [1.29, 1.82) is 0 Å². The van der Waals surface area contributed by atoms with Gasteiger partial charge in [-0.3, -0.25) is 0 Å². The van der Waals surface area contributed by atoms with Crippen LogP contribution in [0.15, 0.2) is 65.6 Å². The Bertz CT molecular complexity index is 745. The lowest BCUT2D eigenvalue weighted by atomic mass is 10.2. The van der Waals surface area contributed by atoms with Crippen molar-refractivity contribution < 1.29 is 8.42 Å². The van der Waals surface area contributed by atoms with Gasteiger partial charge in [-0.05, 0) is 42.4 Å². The molecule has 0 amide bonds. The molecule has 2 rings (SSSR count). The van der Waals surface area contributed by atoms with Gasteiger partial charge in [-0.15, -0.1) is 0 Å². The summed E-state index contributed by atoms with van der Waals surface area (Å²) < 4.78 is 25.6. The van der Waals surface area contributed by atoms with Gasteiger partial charge in [0.2, 0.25) is 0 Å². The van der Waals surface area contributed by atoms with Crippen LogP contribution in [0, 0.1) is 5.92 Å². The van der Waals surface area contributed by atoms with Crippen LogP contribution in [0.4, 0.5) is 5.69 Å². The average Bonchev–Trinajstić information content (AvgIpc) is 2.54. The molecule has 0 saturated carbocycles. The molecule has 0 radical (unpaired) electrons. The van der Waals surface area contributed by atoms with Crippen molar-refractivity contribution in [2.45, 2.75) is 24.1 Å². The second-order valence-electron chi connectivity index (χ2n) is 5.49. The topological polar surface area (TPSA) is 58.2 Å². The maximum atomic E-state index is 12.8. The van der Waals surface area contributed by atoms with Crippen molar-refractivity contribution in [2.24, 2.45) is 5.92 Å². The van der Waals surface area contributed by atoms with Crippen LogP contribution in [-0.4, -0.2) is 18.9 Å². The van der Waals surface area contributed by atoms with Gasteiger partial charge in [-0.2, -0.15) is 0 Å². The molecule has 0 aliphatic carbocycles. The Morgan fingerprint density at radius 3 is 2.00 bits per heavy atom. The van der Waals surface area contributed by atoms with Gasteiger partial charge in [0, 0.05) is 5.69 Å². The quantitative estimate of drug-likeness (QED) is 0.811. The molecule has 0 fully saturated rings. The standard InChI is InChI=1S/C17H20N2O2S2/c1-13(2)16(23(20,21)15-11-7-4-8-12-15)19-17(22)18-14-9-5-3-6-10-14/h3-13,16H,1-2H3,(H2,18,19,22). The predicted molar refractivity (Wildman–Crippen MR) is 98.1 cm³/mol. The van der Waals surface area contributed by atoms with E-state index in [9.17, 15) is 8.42 Å². The molecular formula is C17H20N2O2S2. The number of thiocarbonyl (C=S) groups is 1. The Morgan fingerprint density at radius 1 is 0.957 bits per heavy atom. The minimum atomic E-state index is -3.53. The number of nitrogens with one attached hydrogen (secondary N) is 2. The summed E-state index contributed by atoms with van der Waals surface area (Å²) in [7, 11) is -3.53. The summed E-state index contributed by atoms with van der Waals surface area (Å²) in [5, 5.41) is 5.43. The second kappa shape index (κ2) is 7.57. The predicted octanol–water partition coefficient (Wildman–Crippen LogP) is 3.43. The summed E-state index contributed by atoms with van der Waals surface area (Å²) in [5.41, 5.74) is 0.810. The molecule has 122 valence electrons. The lowest BCUT2D eigenvalue weighted by Gasteiger charge is -2.24. The van der Waals surface area contributed by atoms with E-state index in [1.165, 1.54) is 0 Å². The van der Waals surface area contributed by atoms with Crippen molar-refractivity contribution in [3.63, 3.8) is 0 Å². The van der Waals surface area contributed by atoms with Crippen LogP contribution in [0.3, 0.4) is 0 Å². The summed E-state index contributed by atoms with van der Waals surface area (Å²) >= 11 is 5.26. The van der Waals surface area contributed by atoms with Gasteiger partial charge < -0.3 is 10.6 Å². The van der Waals surface area contributed by atoms with E-state index in [1.807, 2.05) is 44.2 Å². The third-order valence-corrected chi connectivity index (χ3v) is 5.80. The highest BCUT2D eigenvalue weighted by molar-refractivity contribution is 7.92. The van der Waals surface area contributed by atoms with Crippen LogP contribution in [0.2, 0.25) is 0 Å². The van der Waals surface area contributed by atoms with E-state index in [0.29, 0.717) is 0 Å². The Kier molecular flexibility index (Phi) is 5.74. The lowest BCUT2D eigenvalue weighted by molar-refractivity contribution is 0.516. The van der Waals surface area contributed by atoms with E-state index < -0.39 is 15.2 Å². The number of para-hydroxylation sites is 1. The molecule has 1 atom stereocenters. The number of anilines is 1. The van der Waals surface area contributed by atoms with Crippen LogP contribution >= 0.6 is 12.2 Å². The maximum Gasteiger partial charge on any atom is 0.199 e. The molecular weight excluding hydrogens is 328 g/mol. The molecule has 2 aromatic carbocycles. The summed E-state index contributed by atoms with van der Waals surface area (Å²) in [6.45, 7) is 3.70. The molecule has 2 aromatic rings. The molecule has 2 N–H and O–H groups in total. The van der Waals surface area contributed by atoms with Crippen molar-refractivity contribution in [3.05, 3.63) is 60.7 Å². The van der Waals surface area contributed by atoms with Crippen LogP contribution in [-0.2, 0) is 9.84 Å². The molecule has 0 heterocycles. The highest BCUT2D eigenvalue weighted by Gasteiger charge is 2.30. The first-order valence-electron chi connectivity index (χ1n) is 7.33. The van der Waals surface area contributed by atoms with Gasteiger partial charge in [0.25, 0.3) is 0 Å². The summed E-state index contributed by atoms with van der Waals surface area (Å²) in [6.07, 6.45) is 0. The first-order valence-corrected chi connectivity index (χ1v) is 9.28. The number of hydrogen-bond donors (Lipinski definition) is 2. The molecule has 0 saturated heterocycles. The first-order chi connectivity index (χ1) is 10.9. The minimum Gasteiger partial charge on any atom is -0.345 e. The first kappa shape index (κ1) is 17.4. The molecule has 23 heavy (non-hydrogen) atoms. The number of sulfone groups is 1. The summed E-state index contributed by atoms with van der Waals surface area (Å²) in [5.74, 6) is -0.143. The Balaban J connectivity index is 2.18. The molecule has 0 aliphatic rings. The second-order valence-corrected chi connectivity index (χ2v) is 7.96. The van der Waals surface area contributed by atoms with E-state index in [-0.39, 0.29) is 15.9 Å². The van der Waals surface area contributed by atoms with Crippen LogP contribution in [0.5, 0.6) is 0 Å². The van der Waals surface area contributed by atoms with E-state index in [4.69, 9.17) is 12.2 Å². The monoisotopic (exact) mass is 348 g/mol. The zero-order valence-electron chi connectivity index (χ0n) is 13.1. The maximum absolute atomic E-state index is 12.8. The lowest BCUT2D eigenvalue weighted by Crippen LogP contribution is -2.46. The fourth-order valence-corrected chi connectivity index (χ4v) is 4.32. The van der Waals surface area contributed by atoms with Crippen LogP contribution in [0.25, 0.3) is 0 Å². The van der Waals surface area contributed by atoms with Crippen LogP contribution in [0.1, 0.15) is 13.8 Å². The van der Waals surface area contributed by atoms with Gasteiger partial charge in [0.1, 0.15) is 5.37 Å². The third kappa shape index (κ3) is 4.53. The summed E-state index contributed by atoms with van der Waals surface area (Å²) in [6, 6.07) is 17.8. The van der Waals surface area contributed by atoms with E-state index >= 15 is 0 Å². The van der Waals surface area contributed by atoms with Crippen molar-refractivity contribution in [1.82, 2.24) is 5.32 Å². The van der Waals surface area contributed by atoms with Gasteiger partial charge >= 0.3 is 0 Å². The largest absolute Gasteiger partial charge is 0.345 e. The highest BCUT2D eigenvalue weighted by Crippen LogP contribution is 2.20. The van der Waals surface area contributed by atoms with Crippen molar-refractivity contribution in [3.8, 4) is 0 Å². The normalized spacial score (nSPS) is 12.7. The Labute approximate surface area is 142 Å². The Hall–Kier alpha value is -1.92. The zero-order valence-corrected chi connectivity index (χ0v) is 14.7. The third-order valence-electron chi connectivity index (χ3n) is 3.32. The van der Waals surface area contributed by atoms with Gasteiger partial charge in [-0.25, -0.2) is 8.42 Å². The molecule has 1 unspecified atom stereocenters. The number of benzene rings is 2. The smallest absolute Gasteiger partial charge is 0.199 e. The van der Waals surface area contributed by atoms with E-state index in [1.54, 1.807) is 30.3 Å². The van der Waals surface area contributed by atoms with Crippen molar-refractivity contribution in [2.75, 3.05) is 5.32 Å². The molecule has 6 heteroatoms. The highest BCUT2D eigenvalue weighted by atomic mass is 32.2. The van der Waals surface area contributed by atoms with Gasteiger partial charge in [-0.1, -0.05) is 50.2 Å². The van der Waals surface area contributed by atoms with E-state index in [0.717, 1.165) is 5.69 Å². The molecule has 0 aromatic heterocycles. The fourth-order valence-electron chi connectivity index (χ4n) is 2.18. The molecule has 0 aliphatic heterocycles. The SMILES string of the molecule is CC(C)C(NC(=S)Nc1ccccc1)S(=O)(=O)c1ccccc1. The Morgan fingerprint density at radius 2 is 1.48 bits per heavy atom. The van der Waals surface area contributed by atoms with Crippen molar-refractivity contribution >= 4 is 32.9 Å². The fraction of sp³-hybridized carbons (Fsp3) is 0.235. The zero-order chi connectivity index (χ0) is 16.9. The number of hydrogen-bond acceptors (Lipinski definition) is 3. The summed E-state index contributed by atoms with van der Waals surface area (Å²) in [4.78, 5) is 0.286. The van der Waals surface area contributed by atoms with Crippen LogP contribution < -0.4 is 10.6 Å². The minimum absolute atomic E-state index is 0.143. The number of rotatable bonds is 5. The molecule has 0 spiro atoms. The van der Waals surface area contributed by atoms with Gasteiger partial charge in [0.15, 0.2) is 14.9 Å². The molecule has 4 nitrogen and oxygen atoms in total. The average molecular weight is 348 g/mol. The van der Waals surface area contributed by atoms with E-state index in [2.05, 4.69) is 10.6 Å². The molecule has 0 bridgehead atoms.